The van der Waals surface area contributed by atoms with Crippen LogP contribution in [0.3, 0.4) is 0 Å². The minimum Gasteiger partial charge on any atom is -0.335 e. The fourth-order valence-electron chi connectivity index (χ4n) is 3.17. The van der Waals surface area contributed by atoms with Crippen LogP contribution in [-0.4, -0.2) is 31.5 Å². The molecular weight excluding hydrogens is 358 g/mol. The molecule has 1 heterocycles. The van der Waals surface area contributed by atoms with Crippen LogP contribution in [0.4, 0.5) is 0 Å². The quantitative estimate of drug-likeness (QED) is 0.814. The van der Waals surface area contributed by atoms with Crippen LogP contribution >= 0.6 is 11.6 Å². The highest BCUT2D eigenvalue weighted by molar-refractivity contribution is 7.92. The van der Waals surface area contributed by atoms with E-state index in [-0.39, 0.29) is 16.8 Å². The van der Waals surface area contributed by atoms with E-state index in [9.17, 15) is 13.2 Å². The van der Waals surface area contributed by atoms with Crippen molar-refractivity contribution in [1.82, 2.24) is 4.90 Å². The number of amides is 1. The first-order valence-corrected chi connectivity index (χ1v) is 10.2. The lowest BCUT2D eigenvalue weighted by Crippen LogP contribution is -2.35. The first-order chi connectivity index (χ1) is 11.9. The van der Waals surface area contributed by atoms with E-state index in [1.807, 2.05) is 31.2 Å². The number of hydrogen-bond donors (Lipinski definition) is 0. The van der Waals surface area contributed by atoms with Crippen molar-refractivity contribution >= 4 is 27.3 Å². The molecule has 0 spiro atoms. The summed E-state index contributed by atoms with van der Waals surface area (Å²) in [7, 11) is -3.68. The zero-order valence-electron chi connectivity index (χ0n) is 14.0. The summed E-state index contributed by atoms with van der Waals surface area (Å²) >= 11 is 5.80. The van der Waals surface area contributed by atoms with Crippen LogP contribution in [0.15, 0.2) is 53.4 Å². The van der Waals surface area contributed by atoms with Gasteiger partial charge in [0.15, 0.2) is 9.84 Å². The molecule has 1 unspecified atom stereocenters. The van der Waals surface area contributed by atoms with Gasteiger partial charge in [0.05, 0.1) is 10.9 Å². The molecule has 1 aliphatic heterocycles. The van der Waals surface area contributed by atoms with E-state index in [4.69, 9.17) is 11.6 Å². The summed E-state index contributed by atoms with van der Waals surface area (Å²) in [6.07, 6.45) is 1.74. The van der Waals surface area contributed by atoms with Crippen LogP contribution in [0.25, 0.3) is 0 Å². The van der Waals surface area contributed by atoms with Gasteiger partial charge in [0, 0.05) is 11.6 Å². The number of rotatable bonds is 4. The van der Waals surface area contributed by atoms with E-state index < -0.39 is 15.6 Å². The van der Waals surface area contributed by atoms with Crippen molar-refractivity contribution in [3.63, 3.8) is 0 Å². The number of hydrogen-bond acceptors (Lipinski definition) is 3. The predicted octanol–water partition coefficient (Wildman–Crippen LogP) is 3.79. The molecule has 0 radical (unpaired) electrons. The van der Waals surface area contributed by atoms with Gasteiger partial charge in [-0.25, -0.2) is 8.42 Å². The Kier molecular flexibility index (Phi) is 5.16. The van der Waals surface area contributed by atoms with Gasteiger partial charge in [0.1, 0.15) is 5.75 Å². The molecule has 25 heavy (non-hydrogen) atoms. The highest BCUT2D eigenvalue weighted by Crippen LogP contribution is 2.32. The first kappa shape index (κ1) is 18.0. The molecule has 0 aromatic heterocycles. The molecule has 0 aliphatic carbocycles. The Morgan fingerprint density at radius 1 is 1.12 bits per heavy atom. The maximum absolute atomic E-state index is 12.7. The molecule has 2 aromatic carbocycles. The molecule has 6 heteroatoms. The summed E-state index contributed by atoms with van der Waals surface area (Å²) in [6.45, 7) is 2.60. The molecule has 1 saturated heterocycles. The average molecular weight is 378 g/mol. The molecular formula is C19H20ClNO3S. The fraction of sp³-hybridized carbons (Fsp3) is 0.316. The lowest BCUT2D eigenvalue weighted by Gasteiger charge is -2.25. The first-order valence-electron chi connectivity index (χ1n) is 8.21. The number of carbonyl (C=O) groups is 1. The van der Waals surface area contributed by atoms with Crippen molar-refractivity contribution in [2.75, 3.05) is 12.3 Å². The summed E-state index contributed by atoms with van der Waals surface area (Å²) in [6, 6.07) is 13.9. The van der Waals surface area contributed by atoms with E-state index in [1.54, 1.807) is 4.90 Å². The standard InChI is InChI=1S/C19H20ClNO3S/c1-14-4-6-15(7-5-14)18-3-2-12-21(18)19(22)13-25(23,24)17-10-8-16(20)9-11-17/h4-11,18H,2-3,12-13H2,1H3. The van der Waals surface area contributed by atoms with Crippen LogP contribution in [-0.2, 0) is 14.6 Å². The van der Waals surface area contributed by atoms with Gasteiger partial charge in [-0.1, -0.05) is 41.4 Å². The number of aryl methyl sites for hydroxylation is 1. The maximum atomic E-state index is 12.7. The SMILES string of the molecule is Cc1ccc(C2CCCN2C(=O)CS(=O)(=O)c2ccc(Cl)cc2)cc1. The second kappa shape index (κ2) is 7.18. The summed E-state index contributed by atoms with van der Waals surface area (Å²) in [5.41, 5.74) is 2.21. The van der Waals surface area contributed by atoms with Gasteiger partial charge >= 0.3 is 0 Å². The lowest BCUT2D eigenvalue weighted by atomic mass is 10.0. The topological polar surface area (TPSA) is 54.5 Å². The van der Waals surface area contributed by atoms with Gasteiger partial charge in [-0.3, -0.25) is 4.79 Å². The fourth-order valence-corrected chi connectivity index (χ4v) is 4.51. The van der Waals surface area contributed by atoms with E-state index in [0.717, 1.165) is 24.0 Å². The Balaban J connectivity index is 1.77. The zero-order valence-corrected chi connectivity index (χ0v) is 15.6. The van der Waals surface area contributed by atoms with Crippen molar-refractivity contribution in [1.29, 1.82) is 0 Å². The van der Waals surface area contributed by atoms with Crippen LogP contribution in [0.1, 0.15) is 30.0 Å². The van der Waals surface area contributed by atoms with Crippen LogP contribution in [0.5, 0.6) is 0 Å². The highest BCUT2D eigenvalue weighted by Gasteiger charge is 2.32. The van der Waals surface area contributed by atoms with Gasteiger partial charge in [-0.2, -0.15) is 0 Å². The van der Waals surface area contributed by atoms with Gasteiger partial charge < -0.3 is 4.90 Å². The monoisotopic (exact) mass is 377 g/mol. The molecule has 1 aliphatic rings. The average Bonchev–Trinajstić information content (AvgIpc) is 3.05. The summed E-state index contributed by atoms with van der Waals surface area (Å²) in [4.78, 5) is 14.5. The van der Waals surface area contributed by atoms with Crippen molar-refractivity contribution in [2.45, 2.75) is 30.7 Å². The van der Waals surface area contributed by atoms with Crippen molar-refractivity contribution in [3.05, 3.63) is 64.7 Å². The Morgan fingerprint density at radius 2 is 1.76 bits per heavy atom. The Bertz CT molecular complexity index is 861. The Labute approximate surface area is 153 Å². The number of likely N-dealkylation sites (tertiary alicyclic amines) is 1. The largest absolute Gasteiger partial charge is 0.335 e. The summed E-state index contributed by atoms with van der Waals surface area (Å²) in [5.74, 6) is -0.866. The maximum Gasteiger partial charge on any atom is 0.238 e. The second-order valence-electron chi connectivity index (χ2n) is 6.37. The normalized spacial score (nSPS) is 17.7. The molecule has 1 fully saturated rings. The number of carbonyl (C=O) groups excluding carboxylic acids is 1. The smallest absolute Gasteiger partial charge is 0.238 e. The zero-order chi connectivity index (χ0) is 18.0. The summed E-state index contributed by atoms with van der Waals surface area (Å²) in [5, 5.41) is 0.462. The molecule has 0 bridgehead atoms. The predicted molar refractivity (Wildman–Crippen MR) is 98.4 cm³/mol. The summed E-state index contributed by atoms with van der Waals surface area (Å²) < 4.78 is 25.0. The third kappa shape index (κ3) is 4.05. The Hall–Kier alpha value is -1.85. The number of sulfone groups is 1. The molecule has 0 N–H and O–H groups in total. The number of benzene rings is 2. The molecule has 1 atom stereocenters. The number of halogens is 1. The van der Waals surface area contributed by atoms with Crippen LogP contribution in [0.2, 0.25) is 5.02 Å². The lowest BCUT2D eigenvalue weighted by molar-refractivity contribution is -0.129. The number of nitrogens with zero attached hydrogens (tertiary/aromatic N) is 1. The minimum atomic E-state index is -3.68. The molecule has 0 saturated carbocycles. The van der Waals surface area contributed by atoms with Gasteiger partial charge in [0.25, 0.3) is 0 Å². The van der Waals surface area contributed by atoms with E-state index in [0.29, 0.717) is 11.6 Å². The van der Waals surface area contributed by atoms with Gasteiger partial charge in [0.2, 0.25) is 5.91 Å². The van der Waals surface area contributed by atoms with Gasteiger partial charge in [-0.15, -0.1) is 0 Å². The van der Waals surface area contributed by atoms with E-state index >= 15 is 0 Å². The Morgan fingerprint density at radius 3 is 2.40 bits per heavy atom. The third-order valence-corrected chi connectivity index (χ3v) is 6.39. The van der Waals surface area contributed by atoms with Crippen LogP contribution in [0, 0.1) is 6.92 Å². The highest BCUT2D eigenvalue weighted by atomic mass is 35.5. The molecule has 2 aromatic rings. The molecule has 4 nitrogen and oxygen atoms in total. The minimum absolute atomic E-state index is 0.0477. The molecule has 1 amide bonds. The molecule has 3 rings (SSSR count). The van der Waals surface area contributed by atoms with Crippen molar-refractivity contribution < 1.29 is 13.2 Å². The molecule has 132 valence electrons. The van der Waals surface area contributed by atoms with Crippen molar-refractivity contribution in [2.24, 2.45) is 0 Å². The second-order valence-corrected chi connectivity index (χ2v) is 8.79. The van der Waals surface area contributed by atoms with Crippen LogP contribution < -0.4 is 0 Å². The van der Waals surface area contributed by atoms with Crippen molar-refractivity contribution in [3.8, 4) is 0 Å². The van der Waals surface area contributed by atoms with Gasteiger partial charge in [-0.05, 0) is 49.6 Å². The third-order valence-electron chi connectivity index (χ3n) is 4.52. The van der Waals surface area contributed by atoms with E-state index in [1.165, 1.54) is 24.3 Å². The van der Waals surface area contributed by atoms with E-state index in [2.05, 4.69) is 0 Å².